The Morgan fingerprint density at radius 3 is 2.31 bits per heavy atom. The van der Waals surface area contributed by atoms with Gasteiger partial charge in [0.1, 0.15) is 0 Å². The minimum Gasteiger partial charge on any atom is -0.389 e. The summed E-state index contributed by atoms with van der Waals surface area (Å²) in [4.78, 5) is 16.7. The number of hydrogen-bond acceptors (Lipinski definition) is 4. The van der Waals surface area contributed by atoms with E-state index in [9.17, 15) is 15.0 Å². The van der Waals surface area contributed by atoms with E-state index < -0.39 is 12.2 Å². The Balaban J connectivity index is 0.00000300. The van der Waals surface area contributed by atoms with Gasteiger partial charge in [-0.25, -0.2) is 0 Å². The number of halogens is 3. The second-order valence-electron chi connectivity index (χ2n) is 7.21. The predicted molar refractivity (Wildman–Crippen MR) is 118 cm³/mol. The van der Waals surface area contributed by atoms with Gasteiger partial charge in [0.05, 0.1) is 34.7 Å². The quantitative estimate of drug-likeness (QED) is 0.696. The Morgan fingerprint density at radius 2 is 1.72 bits per heavy atom. The number of benzene rings is 2. The molecule has 8 heteroatoms. The van der Waals surface area contributed by atoms with Gasteiger partial charge < -0.3 is 15.1 Å². The molecule has 0 unspecified atom stereocenters. The van der Waals surface area contributed by atoms with Crippen molar-refractivity contribution in [2.45, 2.75) is 24.7 Å². The van der Waals surface area contributed by atoms with Crippen LogP contribution in [0.4, 0.5) is 0 Å². The molecule has 1 fully saturated rings. The molecule has 0 aromatic heterocycles. The highest BCUT2D eigenvalue weighted by Crippen LogP contribution is 2.26. The SMILES string of the molecule is CN(C(=O)Cc1ccc(Cl)c(Cl)c1)[C@H](CN1C[C@@H](O)[C@H](O)C1)c1ccccc1.Cl. The highest BCUT2D eigenvalue weighted by Gasteiger charge is 2.33. The molecule has 1 saturated heterocycles. The number of likely N-dealkylation sites (N-methyl/N-ethyl adjacent to an activating group) is 1. The number of β-amino-alcohol motifs (C(OH)–C–C–N with tert-alkyl or cyclic N) is 2. The van der Waals surface area contributed by atoms with Gasteiger partial charge in [-0.3, -0.25) is 9.69 Å². The third kappa shape index (κ3) is 6.07. The number of amides is 1. The van der Waals surface area contributed by atoms with Crippen molar-refractivity contribution in [2.75, 3.05) is 26.7 Å². The van der Waals surface area contributed by atoms with Crippen molar-refractivity contribution >= 4 is 41.5 Å². The molecule has 2 aromatic rings. The Kier molecular flexibility index (Phi) is 8.76. The van der Waals surface area contributed by atoms with Gasteiger partial charge in [-0.1, -0.05) is 59.6 Å². The van der Waals surface area contributed by atoms with Crippen LogP contribution in [0.1, 0.15) is 17.2 Å². The molecular formula is C21H25Cl3N2O3. The molecule has 2 N–H and O–H groups in total. The van der Waals surface area contributed by atoms with Crippen LogP contribution >= 0.6 is 35.6 Å². The summed E-state index contributed by atoms with van der Waals surface area (Å²) in [5, 5.41) is 20.6. The third-order valence-corrected chi connectivity index (χ3v) is 5.89. The average Bonchev–Trinajstić information content (AvgIpc) is 3.00. The standard InChI is InChI=1S/C21H24Cl2N2O3.ClH/c1-24(21(28)10-14-7-8-16(22)17(23)9-14)18(15-5-3-2-4-6-15)11-25-12-19(26)20(27)13-25;/h2-9,18-20,26-27H,10-13H2,1H3;1H/t18-,19-,20-;/m1./s1. The van der Waals surface area contributed by atoms with Crippen molar-refractivity contribution in [1.82, 2.24) is 9.80 Å². The molecule has 2 aromatic carbocycles. The molecule has 3 atom stereocenters. The summed E-state index contributed by atoms with van der Waals surface area (Å²) in [5.74, 6) is -0.0486. The molecule has 0 saturated carbocycles. The van der Waals surface area contributed by atoms with Gasteiger partial charge in [0.15, 0.2) is 0 Å². The molecule has 1 aliphatic rings. The number of rotatable bonds is 6. The lowest BCUT2D eigenvalue weighted by molar-refractivity contribution is -0.131. The molecule has 1 amide bonds. The maximum Gasteiger partial charge on any atom is 0.227 e. The second kappa shape index (κ2) is 10.6. The topological polar surface area (TPSA) is 64.0 Å². The van der Waals surface area contributed by atoms with Crippen LogP contribution in [0.25, 0.3) is 0 Å². The first-order valence-electron chi connectivity index (χ1n) is 9.18. The summed E-state index contributed by atoms with van der Waals surface area (Å²) >= 11 is 12.0. The highest BCUT2D eigenvalue weighted by molar-refractivity contribution is 6.42. The lowest BCUT2D eigenvalue weighted by atomic mass is 10.0. The van der Waals surface area contributed by atoms with E-state index in [0.717, 1.165) is 11.1 Å². The number of aliphatic hydroxyl groups is 2. The van der Waals surface area contributed by atoms with Crippen LogP contribution in [0.15, 0.2) is 48.5 Å². The Hall–Kier alpha value is -1.34. The molecule has 158 valence electrons. The molecule has 29 heavy (non-hydrogen) atoms. The lowest BCUT2D eigenvalue weighted by Gasteiger charge is -2.32. The van der Waals surface area contributed by atoms with Crippen molar-refractivity contribution in [1.29, 1.82) is 0 Å². The summed E-state index contributed by atoms with van der Waals surface area (Å²) < 4.78 is 0. The van der Waals surface area contributed by atoms with Crippen LogP contribution in [0.5, 0.6) is 0 Å². The maximum atomic E-state index is 13.0. The van der Waals surface area contributed by atoms with E-state index in [0.29, 0.717) is 29.7 Å². The zero-order valence-corrected chi connectivity index (χ0v) is 18.4. The zero-order valence-electron chi connectivity index (χ0n) is 16.0. The van der Waals surface area contributed by atoms with E-state index in [1.807, 2.05) is 35.2 Å². The van der Waals surface area contributed by atoms with Gasteiger partial charge in [-0.05, 0) is 23.3 Å². The lowest BCUT2D eigenvalue weighted by Crippen LogP contribution is -2.39. The number of carbonyl (C=O) groups excluding carboxylic acids is 1. The fraction of sp³-hybridized carbons (Fsp3) is 0.381. The predicted octanol–water partition coefficient (Wildman–Crippen LogP) is 3.19. The van der Waals surface area contributed by atoms with Crippen molar-refractivity contribution in [3.8, 4) is 0 Å². The van der Waals surface area contributed by atoms with Gasteiger partial charge >= 0.3 is 0 Å². The first-order valence-corrected chi connectivity index (χ1v) is 9.93. The Bertz CT molecular complexity index is 812. The first kappa shape index (κ1) is 23.9. The molecule has 1 aliphatic heterocycles. The van der Waals surface area contributed by atoms with Gasteiger partial charge in [-0.15, -0.1) is 12.4 Å². The van der Waals surface area contributed by atoms with Crippen molar-refractivity contribution in [3.05, 3.63) is 69.7 Å². The van der Waals surface area contributed by atoms with Crippen LogP contribution in [-0.2, 0) is 11.2 Å². The monoisotopic (exact) mass is 458 g/mol. The molecule has 5 nitrogen and oxygen atoms in total. The molecule has 1 heterocycles. The highest BCUT2D eigenvalue weighted by atomic mass is 35.5. The molecule has 0 bridgehead atoms. The van der Waals surface area contributed by atoms with Gasteiger partial charge in [0, 0.05) is 26.7 Å². The zero-order chi connectivity index (χ0) is 20.3. The van der Waals surface area contributed by atoms with E-state index in [2.05, 4.69) is 0 Å². The number of carbonyl (C=O) groups is 1. The van der Waals surface area contributed by atoms with Crippen LogP contribution in [-0.4, -0.2) is 64.8 Å². The normalized spacial score (nSPS) is 20.2. The fourth-order valence-corrected chi connectivity index (χ4v) is 3.81. The van der Waals surface area contributed by atoms with Crippen molar-refractivity contribution in [3.63, 3.8) is 0 Å². The minimum atomic E-state index is -0.756. The third-order valence-electron chi connectivity index (χ3n) is 5.15. The van der Waals surface area contributed by atoms with E-state index in [4.69, 9.17) is 23.2 Å². The van der Waals surface area contributed by atoms with Gasteiger partial charge in [0.25, 0.3) is 0 Å². The van der Waals surface area contributed by atoms with E-state index in [-0.39, 0.29) is 30.8 Å². The van der Waals surface area contributed by atoms with Crippen LogP contribution < -0.4 is 0 Å². The van der Waals surface area contributed by atoms with Gasteiger partial charge in [-0.2, -0.15) is 0 Å². The Labute approximate surface area is 187 Å². The molecule has 0 aliphatic carbocycles. The second-order valence-corrected chi connectivity index (χ2v) is 8.02. The number of aliphatic hydroxyl groups excluding tert-OH is 2. The summed E-state index contributed by atoms with van der Waals surface area (Å²) in [5.41, 5.74) is 1.80. The largest absolute Gasteiger partial charge is 0.389 e. The first-order chi connectivity index (χ1) is 13.3. The van der Waals surface area contributed by atoms with E-state index in [1.54, 1.807) is 30.1 Å². The average molecular weight is 460 g/mol. The van der Waals surface area contributed by atoms with Gasteiger partial charge in [0.2, 0.25) is 5.91 Å². The smallest absolute Gasteiger partial charge is 0.227 e. The van der Waals surface area contributed by atoms with E-state index >= 15 is 0 Å². The van der Waals surface area contributed by atoms with Crippen molar-refractivity contribution in [2.24, 2.45) is 0 Å². The molecule has 0 radical (unpaired) electrons. The summed E-state index contributed by atoms with van der Waals surface area (Å²) in [6.07, 6.45) is -1.30. The Morgan fingerprint density at radius 1 is 1.10 bits per heavy atom. The van der Waals surface area contributed by atoms with Crippen LogP contribution in [0.3, 0.4) is 0 Å². The number of likely N-dealkylation sites (tertiary alicyclic amines) is 1. The molecular weight excluding hydrogens is 435 g/mol. The minimum absolute atomic E-state index is 0. The summed E-state index contributed by atoms with van der Waals surface area (Å²) in [7, 11) is 1.78. The fourth-order valence-electron chi connectivity index (χ4n) is 3.49. The number of nitrogens with zero attached hydrogens (tertiary/aromatic N) is 2. The van der Waals surface area contributed by atoms with Crippen molar-refractivity contribution < 1.29 is 15.0 Å². The maximum absolute atomic E-state index is 13.0. The molecule has 0 spiro atoms. The van der Waals surface area contributed by atoms with Crippen LogP contribution in [0.2, 0.25) is 10.0 Å². The summed E-state index contributed by atoms with van der Waals surface area (Å²) in [6.45, 7) is 1.31. The number of hydrogen-bond donors (Lipinski definition) is 2. The molecule has 3 rings (SSSR count). The van der Waals surface area contributed by atoms with Crippen LogP contribution in [0, 0.1) is 0 Å². The van der Waals surface area contributed by atoms with E-state index in [1.165, 1.54) is 0 Å². The summed E-state index contributed by atoms with van der Waals surface area (Å²) in [6, 6.07) is 14.8.